The van der Waals surface area contributed by atoms with Crippen LogP contribution in [0.2, 0.25) is 0 Å². The molecular weight excluding hydrogens is 336 g/mol. The summed E-state index contributed by atoms with van der Waals surface area (Å²) in [6, 6.07) is 4.44. The van der Waals surface area contributed by atoms with Crippen molar-refractivity contribution in [2.45, 2.75) is 38.1 Å². The van der Waals surface area contributed by atoms with E-state index in [1.807, 2.05) is 0 Å². The Morgan fingerprint density at radius 2 is 2.19 bits per heavy atom. The first-order valence-corrected chi connectivity index (χ1v) is 8.50. The first kappa shape index (κ1) is 19.4. The highest BCUT2D eigenvalue weighted by Gasteiger charge is 2.14. The van der Waals surface area contributed by atoms with Gasteiger partial charge in [-0.05, 0) is 18.9 Å². The topological polar surface area (TPSA) is 106 Å². The van der Waals surface area contributed by atoms with Crippen LogP contribution in [-0.4, -0.2) is 36.2 Å². The quantitative estimate of drug-likeness (QED) is 0.320. The molecule has 1 saturated carbocycles. The van der Waals surface area contributed by atoms with Gasteiger partial charge in [0, 0.05) is 23.7 Å². The van der Waals surface area contributed by atoms with Crippen LogP contribution < -0.4 is 15.5 Å². The van der Waals surface area contributed by atoms with Crippen LogP contribution >= 0.6 is 0 Å². The lowest BCUT2D eigenvalue weighted by Crippen LogP contribution is -2.38. The number of benzene rings is 1. The molecule has 2 rings (SSSR count). The number of hydrogen-bond acceptors (Lipinski definition) is 6. The molecule has 0 atom stereocenters. The summed E-state index contributed by atoms with van der Waals surface area (Å²) >= 11 is 0. The lowest BCUT2D eigenvalue weighted by Gasteiger charge is -2.22. The van der Waals surface area contributed by atoms with Crippen molar-refractivity contribution in [1.29, 1.82) is 0 Å². The van der Waals surface area contributed by atoms with Gasteiger partial charge in [0.25, 0.3) is 11.6 Å². The number of nitrogens with zero attached hydrogens (tertiary/aromatic N) is 2. The van der Waals surface area contributed by atoms with Gasteiger partial charge >= 0.3 is 0 Å². The van der Waals surface area contributed by atoms with Gasteiger partial charge in [0.05, 0.1) is 17.7 Å². The Morgan fingerprint density at radius 1 is 1.42 bits per heavy atom. The zero-order chi connectivity index (χ0) is 18.8. The van der Waals surface area contributed by atoms with Gasteiger partial charge in [-0.25, -0.2) is 5.43 Å². The van der Waals surface area contributed by atoms with Gasteiger partial charge in [0.2, 0.25) is 0 Å². The summed E-state index contributed by atoms with van der Waals surface area (Å²) in [6.45, 7) is 0.202. The molecular formula is C18H22N4O4. The summed E-state index contributed by atoms with van der Waals surface area (Å²) in [5, 5.41) is 18.0. The first-order valence-electron chi connectivity index (χ1n) is 8.50. The molecule has 0 saturated heterocycles. The number of non-ortho nitro benzene ring substituents is 1. The highest BCUT2D eigenvalue weighted by Crippen LogP contribution is 2.22. The molecule has 0 spiro atoms. The highest BCUT2D eigenvalue weighted by atomic mass is 16.6. The number of nitro groups is 1. The summed E-state index contributed by atoms with van der Waals surface area (Å²) in [6.07, 6.45) is 12.3. The van der Waals surface area contributed by atoms with E-state index in [-0.39, 0.29) is 24.7 Å². The zero-order valence-electron chi connectivity index (χ0n) is 14.4. The number of nitro benzene ring substituents is 1. The van der Waals surface area contributed by atoms with Crippen LogP contribution in [0, 0.1) is 22.5 Å². The van der Waals surface area contributed by atoms with Gasteiger partial charge in [-0.1, -0.05) is 25.2 Å². The molecule has 138 valence electrons. The van der Waals surface area contributed by atoms with Crippen molar-refractivity contribution in [2.24, 2.45) is 5.10 Å². The Kier molecular flexibility index (Phi) is 7.58. The Balaban J connectivity index is 1.92. The van der Waals surface area contributed by atoms with Crippen LogP contribution in [0.25, 0.3) is 0 Å². The van der Waals surface area contributed by atoms with Crippen molar-refractivity contribution in [3.63, 3.8) is 0 Å². The van der Waals surface area contributed by atoms with Crippen LogP contribution in [-0.2, 0) is 4.79 Å². The molecule has 8 heteroatoms. The van der Waals surface area contributed by atoms with Gasteiger partial charge < -0.3 is 10.1 Å². The third kappa shape index (κ3) is 6.18. The number of carbonyl (C=O) groups excluding carboxylic acids is 1. The maximum Gasteiger partial charge on any atom is 0.270 e. The summed E-state index contributed by atoms with van der Waals surface area (Å²) in [5.41, 5.74) is 2.65. The number of rotatable bonds is 8. The lowest BCUT2D eigenvalue weighted by atomic mass is 9.95. The molecule has 1 aliphatic carbocycles. The van der Waals surface area contributed by atoms with E-state index in [1.165, 1.54) is 43.7 Å². The van der Waals surface area contributed by atoms with Crippen molar-refractivity contribution in [1.82, 2.24) is 10.7 Å². The predicted molar refractivity (Wildman–Crippen MR) is 98.0 cm³/mol. The molecule has 0 aromatic heterocycles. The molecule has 26 heavy (non-hydrogen) atoms. The zero-order valence-corrected chi connectivity index (χ0v) is 14.4. The fourth-order valence-corrected chi connectivity index (χ4v) is 2.76. The van der Waals surface area contributed by atoms with Crippen molar-refractivity contribution in [3.8, 4) is 18.1 Å². The van der Waals surface area contributed by atoms with E-state index in [2.05, 4.69) is 21.8 Å². The SMILES string of the molecule is C#CCOc1ccc([N+](=O)[O-])cc1/C=N\NC(=O)CNC1CCCCC1. The summed E-state index contributed by atoms with van der Waals surface area (Å²) in [5.74, 6) is 2.40. The molecule has 1 fully saturated rings. The van der Waals surface area contributed by atoms with Crippen molar-refractivity contribution < 1.29 is 14.5 Å². The fourth-order valence-electron chi connectivity index (χ4n) is 2.76. The van der Waals surface area contributed by atoms with Crippen LogP contribution in [0.5, 0.6) is 5.75 Å². The van der Waals surface area contributed by atoms with E-state index in [4.69, 9.17) is 11.2 Å². The molecule has 2 N–H and O–H groups in total. The number of terminal acetylenes is 1. The molecule has 1 aliphatic rings. The van der Waals surface area contributed by atoms with Gasteiger partial charge in [-0.2, -0.15) is 5.10 Å². The van der Waals surface area contributed by atoms with Crippen LogP contribution in [0.4, 0.5) is 5.69 Å². The van der Waals surface area contributed by atoms with E-state index < -0.39 is 4.92 Å². The summed E-state index contributed by atoms with van der Waals surface area (Å²) < 4.78 is 5.33. The van der Waals surface area contributed by atoms with Gasteiger partial charge in [0.15, 0.2) is 0 Å². The summed E-state index contributed by atoms with van der Waals surface area (Å²) in [4.78, 5) is 22.2. The van der Waals surface area contributed by atoms with E-state index in [1.54, 1.807) is 0 Å². The number of hydrogen-bond donors (Lipinski definition) is 2. The fraction of sp³-hybridized carbons (Fsp3) is 0.444. The highest BCUT2D eigenvalue weighted by molar-refractivity contribution is 5.86. The second-order valence-electron chi connectivity index (χ2n) is 5.98. The molecule has 1 amide bonds. The average molecular weight is 358 g/mol. The molecule has 8 nitrogen and oxygen atoms in total. The van der Waals surface area contributed by atoms with E-state index >= 15 is 0 Å². The second-order valence-corrected chi connectivity index (χ2v) is 5.98. The van der Waals surface area contributed by atoms with Crippen molar-refractivity contribution in [3.05, 3.63) is 33.9 Å². The minimum Gasteiger partial charge on any atom is -0.480 e. The number of ether oxygens (including phenoxy) is 1. The van der Waals surface area contributed by atoms with Gasteiger partial charge in [-0.15, -0.1) is 6.42 Å². The second kappa shape index (κ2) is 10.2. The monoisotopic (exact) mass is 358 g/mol. The van der Waals surface area contributed by atoms with Gasteiger partial charge in [0.1, 0.15) is 12.4 Å². The van der Waals surface area contributed by atoms with Crippen LogP contribution in [0.1, 0.15) is 37.7 Å². The normalized spacial score (nSPS) is 14.7. The summed E-state index contributed by atoms with van der Waals surface area (Å²) in [7, 11) is 0. The smallest absolute Gasteiger partial charge is 0.270 e. The Hall–Kier alpha value is -2.92. The van der Waals surface area contributed by atoms with Crippen LogP contribution in [0.3, 0.4) is 0 Å². The largest absolute Gasteiger partial charge is 0.480 e. The minimum atomic E-state index is -0.519. The maximum atomic E-state index is 11.9. The van der Waals surface area contributed by atoms with Gasteiger partial charge in [-0.3, -0.25) is 14.9 Å². The number of nitrogens with one attached hydrogen (secondary N) is 2. The van der Waals surface area contributed by atoms with E-state index in [0.717, 1.165) is 12.8 Å². The number of hydrazone groups is 1. The Morgan fingerprint density at radius 3 is 2.88 bits per heavy atom. The third-order valence-electron chi connectivity index (χ3n) is 4.06. The standard InChI is InChI=1S/C18H22N4O4/c1-2-10-26-17-9-8-16(22(24)25)11-14(17)12-20-21-18(23)13-19-15-6-4-3-5-7-15/h1,8-9,11-12,15,19H,3-7,10,13H2,(H,21,23)/b20-12-. The van der Waals surface area contributed by atoms with Crippen molar-refractivity contribution in [2.75, 3.05) is 13.2 Å². The first-order chi connectivity index (χ1) is 12.6. The van der Waals surface area contributed by atoms with E-state index in [0.29, 0.717) is 17.4 Å². The Labute approximate surface area is 152 Å². The van der Waals surface area contributed by atoms with Crippen LogP contribution in [0.15, 0.2) is 23.3 Å². The lowest BCUT2D eigenvalue weighted by molar-refractivity contribution is -0.384. The number of amides is 1. The predicted octanol–water partition coefficient (Wildman–Crippen LogP) is 1.98. The third-order valence-corrected chi connectivity index (χ3v) is 4.06. The minimum absolute atomic E-state index is 0.0241. The molecule has 1 aromatic rings. The maximum absolute atomic E-state index is 11.9. The molecule has 0 radical (unpaired) electrons. The number of carbonyl (C=O) groups is 1. The van der Waals surface area contributed by atoms with E-state index in [9.17, 15) is 14.9 Å². The average Bonchev–Trinajstić information content (AvgIpc) is 2.66. The Bertz CT molecular complexity index is 706. The molecule has 0 unspecified atom stereocenters. The van der Waals surface area contributed by atoms with Crippen molar-refractivity contribution >= 4 is 17.8 Å². The molecule has 1 aromatic carbocycles. The molecule has 0 bridgehead atoms. The molecule has 0 aliphatic heterocycles. The molecule has 0 heterocycles.